The lowest BCUT2D eigenvalue weighted by Crippen LogP contribution is -2.44. The summed E-state index contributed by atoms with van der Waals surface area (Å²) in [6.07, 6.45) is 2.90. The van der Waals surface area contributed by atoms with Crippen LogP contribution in [0, 0.1) is 5.92 Å². The molecule has 1 heterocycles. The molecular formula is C17H22N2O3. The minimum absolute atomic E-state index is 0.140. The number of benzene rings is 1. The molecule has 0 aliphatic carbocycles. The van der Waals surface area contributed by atoms with E-state index < -0.39 is 12.0 Å². The molecule has 0 saturated heterocycles. The van der Waals surface area contributed by atoms with Crippen LogP contribution in [0.2, 0.25) is 0 Å². The lowest BCUT2D eigenvalue weighted by molar-refractivity contribution is -0.143. The van der Waals surface area contributed by atoms with Crippen LogP contribution in [0.3, 0.4) is 0 Å². The average Bonchev–Trinajstić information content (AvgIpc) is 2.79. The number of nitrogens with zero attached hydrogens (tertiary/aromatic N) is 1. The fraction of sp³-hybridized carbons (Fsp3) is 0.412. The third-order valence-corrected chi connectivity index (χ3v) is 3.85. The maximum absolute atomic E-state index is 12.0. The van der Waals surface area contributed by atoms with E-state index in [0.29, 0.717) is 6.42 Å². The molecule has 0 radical (unpaired) electrons. The van der Waals surface area contributed by atoms with Gasteiger partial charge in [0.2, 0.25) is 5.91 Å². The van der Waals surface area contributed by atoms with E-state index in [4.69, 9.17) is 5.11 Å². The van der Waals surface area contributed by atoms with Crippen molar-refractivity contribution in [1.29, 1.82) is 0 Å². The molecule has 118 valence electrons. The second kappa shape index (κ2) is 6.64. The van der Waals surface area contributed by atoms with Crippen LogP contribution in [0.1, 0.15) is 25.8 Å². The number of fused-ring (bicyclic) bond motifs is 1. The van der Waals surface area contributed by atoms with E-state index >= 15 is 0 Å². The minimum atomic E-state index is -0.992. The number of hydrogen-bond acceptors (Lipinski definition) is 2. The number of hydrogen-bond donors (Lipinski definition) is 2. The van der Waals surface area contributed by atoms with Gasteiger partial charge in [0, 0.05) is 30.6 Å². The summed E-state index contributed by atoms with van der Waals surface area (Å²) >= 11 is 0. The van der Waals surface area contributed by atoms with E-state index in [1.807, 2.05) is 42.1 Å². The van der Waals surface area contributed by atoms with Crippen LogP contribution in [0.5, 0.6) is 0 Å². The molecule has 2 aromatic rings. The first-order valence-electron chi connectivity index (χ1n) is 7.45. The fourth-order valence-electron chi connectivity index (χ4n) is 2.63. The minimum Gasteiger partial charge on any atom is -0.480 e. The van der Waals surface area contributed by atoms with Crippen LogP contribution < -0.4 is 5.32 Å². The second-order valence-corrected chi connectivity index (χ2v) is 5.91. The van der Waals surface area contributed by atoms with E-state index in [1.54, 1.807) is 13.8 Å². The van der Waals surface area contributed by atoms with Gasteiger partial charge in [-0.3, -0.25) is 4.79 Å². The molecule has 5 nitrogen and oxygen atoms in total. The highest BCUT2D eigenvalue weighted by Crippen LogP contribution is 2.21. The number of rotatable bonds is 6. The predicted molar refractivity (Wildman–Crippen MR) is 85.6 cm³/mol. The number of aromatic nitrogens is 1. The Labute approximate surface area is 129 Å². The topological polar surface area (TPSA) is 71.3 Å². The first-order valence-corrected chi connectivity index (χ1v) is 7.45. The maximum atomic E-state index is 12.0. The zero-order valence-electron chi connectivity index (χ0n) is 13.2. The molecule has 1 atom stereocenters. The first-order chi connectivity index (χ1) is 10.4. The van der Waals surface area contributed by atoms with Crippen molar-refractivity contribution < 1.29 is 14.7 Å². The Hall–Kier alpha value is -2.30. The van der Waals surface area contributed by atoms with Gasteiger partial charge in [-0.25, -0.2) is 4.79 Å². The van der Waals surface area contributed by atoms with Gasteiger partial charge >= 0.3 is 5.97 Å². The standard InChI is InChI=1S/C17H22N2O3/c1-11(2)16(17(21)22)18-15(20)9-8-12-10-19(3)14-7-5-4-6-13(12)14/h4-7,10-11,16H,8-9H2,1-3H3,(H,18,20)(H,21,22)/t16-/m0/s1. The number of carboxylic acids is 1. The van der Waals surface area contributed by atoms with Gasteiger partial charge in [0.15, 0.2) is 0 Å². The Kier molecular flexibility index (Phi) is 4.85. The van der Waals surface area contributed by atoms with Gasteiger partial charge in [-0.05, 0) is 24.0 Å². The van der Waals surface area contributed by atoms with Crippen LogP contribution in [-0.2, 0) is 23.1 Å². The third-order valence-electron chi connectivity index (χ3n) is 3.85. The molecule has 0 bridgehead atoms. The number of carboxylic acid groups (broad SMARTS) is 1. The fourth-order valence-corrected chi connectivity index (χ4v) is 2.63. The molecule has 2 N–H and O–H groups in total. The summed E-state index contributed by atoms with van der Waals surface area (Å²) in [5, 5.41) is 12.8. The quantitative estimate of drug-likeness (QED) is 0.860. The number of nitrogens with one attached hydrogen (secondary N) is 1. The van der Waals surface area contributed by atoms with Crippen molar-refractivity contribution in [3.05, 3.63) is 36.0 Å². The molecule has 1 amide bonds. The van der Waals surface area contributed by atoms with Gasteiger partial charge < -0.3 is 15.0 Å². The zero-order valence-corrected chi connectivity index (χ0v) is 13.2. The van der Waals surface area contributed by atoms with Crippen LogP contribution >= 0.6 is 0 Å². The second-order valence-electron chi connectivity index (χ2n) is 5.91. The zero-order chi connectivity index (χ0) is 16.3. The number of para-hydroxylation sites is 1. The number of carbonyl (C=O) groups is 2. The Balaban J connectivity index is 2.03. The monoisotopic (exact) mass is 302 g/mol. The van der Waals surface area contributed by atoms with E-state index in [-0.39, 0.29) is 18.2 Å². The lowest BCUT2D eigenvalue weighted by atomic mass is 10.0. The van der Waals surface area contributed by atoms with Crippen molar-refractivity contribution in [2.24, 2.45) is 13.0 Å². The number of aryl methyl sites for hydroxylation is 2. The smallest absolute Gasteiger partial charge is 0.326 e. The van der Waals surface area contributed by atoms with Crippen molar-refractivity contribution in [1.82, 2.24) is 9.88 Å². The van der Waals surface area contributed by atoms with Gasteiger partial charge in [-0.15, -0.1) is 0 Å². The van der Waals surface area contributed by atoms with Crippen molar-refractivity contribution in [2.75, 3.05) is 0 Å². The summed E-state index contributed by atoms with van der Waals surface area (Å²) in [5.74, 6) is -1.36. The Morgan fingerprint density at radius 1 is 1.27 bits per heavy atom. The Bertz CT molecular complexity index is 688. The largest absolute Gasteiger partial charge is 0.480 e. The summed E-state index contributed by atoms with van der Waals surface area (Å²) in [6.45, 7) is 3.56. The van der Waals surface area contributed by atoms with Crippen molar-refractivity contribution in [3.63, 3.8) is 0 Å². The molecule has 5 heteroatoms. The lowest BCUT2D eigenvalue weighted by Gasteiger charge is -2.17. The molecule has 0 fully saturated rings. The molecule has 0 aliphatic rings. The molecule has 0 aliphatic heterocycles. The van der Waals surface area contributed by atoms with E-state index in [2.05, 4.69) is 5.32 Å². The van der Waals surface area contributed by atoms with E-state index in [1.165, 1.54) is 0 Å². The maximum Gasteiger partial charge on any atom is 0.326 e. The molecule has 22 heavy (non-hydrogen) atoms. The SMILES string of the molecule is CC(C)[C@H](NC(=O)CCc1cn(C)c2ccccc12)C(=O)O. The molecule has 0 unspecified atom stereocenters. The number of aliphatic carboxylic acids is 1. The normalized spacial score (nSPS) is 12.5. The van der Waals surface area contributed by atoms with Crippen LogP contribution in [0.15, 0.2) is 30.5 Å². The highest BCUT2D eigenvalue weighted by Gasteiger charge is 2.23. The summed E-state index contributed by atoms with van der Waals surface area (Å²) in [6, 6.07) is 7.21. The highest BCUT2D eigenvalue weighted by atomic mass is 16.4. The third kappa shape index (κ3) is 3.47. The first kappa shape index (κ1) is 16.1. The van der Waals surface area contributed by atoms with E-state index in [0.717, 1.165) is 16.5 Å². The van der Waals surface area contributed by atoms with Crippen molar-refractivity contribution in [3.8, 4) is 0 Å². The van der Waals surface area contributed by atoms with Gasteiger partial charge in [0.05, 0.1) is 0 Å². The Morgan fingerprint density at radius 2 is 1.95 bits per heavy atom. The van der Waals surface area contributed by atoms with Gasteiger partial charge in [0.1, 0.15) is 6.04 Å². The number of amides is 1. The highest BCUT2D eigenvalue weighted by molar-refractivity contribution is 5.86. The van der Waals surface area contributed by atoms with Gasteiger partial charge in [-0.1, -0.05) is 32.0 Å². The van der Waals surface area contributed by atoms with Crippen LogP contribution in [-0.4, -0.2) is 27.6 Å². The summed E-state index contributed by atoms with van der Waals surface area (Å²) < 4.78 is 2.04. The molecular weight excluding hydrogens is 280 g/mol. The molecule has 1 aromatic carbocycles. The van der Waals surface area contributed by atoms with Crippen LogP contribution in [0.4, 0.5) is 0 Å². The average molecular weight is 302 g/mol. The van der Waals surface area contributed by atoms with E-state index in [9.17, 15) is 9.59 Å². The summed E-state index contributed by atoms with van der Waals surface area (Å²) in [5.41, 5.74) is 2.23. The number of carbonyl (C=O) groups excluding carboxylic acids is 1. The molecule has 0 spiro atoms. The Morgan fingerprint density at radius 3 is 2.59 bits per heavy atom. The van der Waals surface area contributed by atoms with Crippen LogP contribution in [0.25, 0.3) is 10.9 Å². The van der Waals surface area contributed by atoms with Gasteiger partial charge in [0.25, 0.3) is 0 Å². The van der Waals surface area contributed by atoms with Crippen molar-refractivity contribution >= 4 is 22.8 Å². The van der Waals surface area contributed by atoms with Gasteiger partial charge in [-0.2, -0.15) is 0 Å². The molecule has 1 aromatic heterocycles. The predicted octanol–water partition coefficient (Wildman–Crippen LogP) is 2.34. The van der Waals surface area contributed by atoms with Crippen molar-refractivity contribution in [2.45, 2.75) is 32.7 Å². The summed E-state index contributed by atoms with van der Waals surface area (Å²) in [7, 11) is 1.98. The molecule has 2 rings (SSSR count). The summed E-state index contributed by atoms with van der Waals surface area (Å²) in [4.78, 5) is 23.1. The molecule has 0 saturated carbocycles.